The SMILES string of the molecule is CC1CCCN(C(CN2CCNCC2)c2ccncc2)C1. The minimum atomic E-state index is 0.522. The molecule has 2 atom stereocenters. The van der Waals surface area contributed by atoms with Crippen LogP contribution in [0.2, 0.25) is 0 Å². The Labute approximate surface area is 128 Å². The molecule has 0 amide bonds. The Balaban J connectivity index is 1.73. The zero-order valence-electron chi connectivity index (χ0n) is 13.2. The molecule has 1 aromatic heterocycles. The summed E-state index contributed by atoms with van der Waals surface area (Å²) >= 11 is 0. The monoisotopic (exact) mass is 288 g/mol. The van der Waals surface area contributed by atoms with Crippen molar-refractivity contribution in [1.82, 2.24) is 20.1 Å². The lowest BCUT2D eigenvalue weighted by atomic mass is 9.96. The Bertz CT molecular complexity index is 416. The standard InChI is InChI=1S/C17H28N4/c1-15-3-2-10-21(13-15)17(16-4-6-18-7-5-16)14-20-11-8-19-9-12-20/h4-7,15,17,19H,2-3,8-14H2,1H3. The molecular formula is C17H28N4. The predicted octanol–water partition coefficient (Wildman–Crippen LogP) is 1.76. The lowest BCUT2D eigenvalue weighted by Gasteiger charge is -2.40. The van der Waals surface area contributed by atoms with E-state index >= 15 is 0 Å². The molecule has 4 nitrogen and oxygen atoms in total. The van der Waals surface area contributed by atoms with Crippen LogP contribution in [0.3, 0.4) is 0 Å². The van der Waals surface area contributed by atoms with Crippen molar-refractivity contribution in [2.75, 3.05) is 45.8 Å². The highest BCUT2D eigenvalue weighted by atomic mass is 15.2. The molecule has 1 N–H and O–H groups in total. The smallest absolute Gasteiger partial charge is 0.0476 e. The van der Waals surface area contributed by atoms with Gasteiger partial charge in [0.05, 0.1) is 0 Å². The van der Waals surface area contributed by atoms with Gasteiger partial charge in [0.15, 0.2) is 0 Å². The fourth-order valence-electron chi connectivity index (χ4n) is 3.66. The number of pyridine rings is 1. The van der Waals surface area contributed by atoms with Gasteiger partial charge in [-0.15, -0.1) is 0 Å². The molecule has 1 aromatic rings. The van der Waals surface area contributed by atoms with Crippen molar-refractivity contribution in [2.24, 2.45) is 5.92 Å². The Morgan fingerprint density at radius 2 is 2.00 bits per heavy atom. The van der Waals surface area contributed by atoms with E-state index in [1.165, 1.54) is 44.6 Å². The van der Waals surface area contributed by atoms with Gasteiger partial charge in [-0.05, 0) is 43.0 Å². The van der Waals surface area contributed by atoms with Gasteiger partial charge in [-0.3, -0.25) is 14.8 Å². The Hall–Kier alpha value is -0.970. The molecule has 0 radical (unpaired) electrons. The maximum Gasteiger partial charge on any atom is 0.0476 e. The van der Waals surface area contributed by atoms with Crippen LogP contribution in [0.5, 0.6) is 0 Å². The van der Waals surface area contributed by atoms with Crippen molar-refractivity contribution in [1.29, 1.82) is 0 Å². The number of piperazine rings is 1. The summed E-state index contributed by atoms with van der Waals surface area (Å²) in [4.78, 5) is 9.50. The van der Waals surface area contributed by atoms with Crippen LogP contribution in [0.1, 0.15) is 31.4 Å². The fourth-order valence-corrected chi connectivity index (χ4v) is 3.66. The van der Waals surface area contributed by atoms with E-state index in [0.717, 1.165) is 25.6 Å². The third kappa shape index (κ3) is 4.02. The molecule has 0 saturated carbocycles. The summed E-state index contributed by atoms with van der Waals surface area (Å²) in [7, 11) is 0. The fraction of sp³-hybridized carbons (Fsp3) is 0.706. The van der Waals surface area contributed by atoms with Crippen LogP contribution < -0.4 is 5.32 Å². The van der Waals surface area contributed by atoms with Crippen LogP contribution >= 0.6 is 0 Å². The summed E-state index contributed by atoms with van der Waals surface area (Å²) < 4.78 is 0. The van der Waals surface area contributed by atoms with Crippen LogP contribution in [-0.4, -0.2) is 60.6 Å². The van der Waals surface area contributed by atoms with Gasteiger partial charge >= 0.3 is 0 Å². The second-order valence-corrected chi connectivity index (χ2v) is 6.59. The summed E-state index contributed by atoms with van der Waals surface area (Å²) in [6.07, 6.45) is 6.60. The van der Waals surface area contributed by atoms with E-state index in [0.29, 0.717) is 6.04 Å². The first-order valence-electron chi connectivity index (χ1n) is 8.40. The molecule has 116 valence electrons. The summed E-state index contributed by atoms with van der Waals surface area (Å²) in [5.41, 5.74) is 1.43. The topological polar surface area (TPSA) is 31.4 Å². The normalized spacial score (nSPS) is 26.6. The first-order valence-corrected chi connectivity index (χ1v) is 8.40. The summed E-state index contributed by atoms with van der Waals surface area (Å²) in [5, 5.41) is 3.45. The zero-order valence-corrected chi connectivity index (χ0v) is 13.2. The van der Waals surface area contributed by atoms with Crippen molar-refractivity contribution >= 4 is 0 Å². The predicted molar refractivity (Wildman–Crippen MR) is 86.3 cm³/mol. The van der Waals surface area contributed by atoms with Crippen LogP contribution in [-0.2, 0) is 0 Å². The van der Waals surface area contributed by atoms with E-state index in [1.54, 1.807) is 0 Å². The van der Waals surface area contributed by atoms with E-state index < -0.39 is 0 Å². The van der Waals surface area contributed by atoms with Gasteiger partial charge in [0, 0.05) is 57.7 Å². The van der Waals surface area contributed by atoms with Gasteiger partial charge in [-0.2, -0.15) is 0 Å². The van der Waals surface area contributed by atoms with E-state index in [2.05, 4.69) is 39.2 Å². The molecule has 3 rings (SSSR count). The van der Waals surface area contributed by atoms with Gasteiger partial charge in [0.2, 0.25) is 0 Å². The van der Waals surface area contributed by atoms with E-state index in [-0.39, 0.29) is 0 Å². The summed E-state index contributed by atoms with van der Waals surface area (Å²) in [6.45, 7) is 10.6. The van der Waals surface area contributed by atoms with Crippen molar-refractivity contribution in [3.05, 3.63) is 30.1 Å². The number of aromatic nitrogens is 1. The molecule has 2 aliphatic rings. The number of piperidine rings is 1. The quantitative estimate of drug-likeness (QED) is 0.915. The van der Waals surface area contributed by atoms with Gasteiger partial charge in [0.25, 0.3) is 0 Å². The van der Waals surface area contributed by atoms with Crippen LogP contribution in [0.4, 0.5) is 0 Å². The maximum atomic E-state index is 4.19. The number of rotatable bonds is 4. The second-order valence-electron chi connectivity index (χ2n) is 6.59. The number of hydrogen-bond donors (Lipinski definition) is 1. The first-order chi connectivity index (χ1) is 10.3. The lowest BCUT2D eigenvalue weighted by molar-refractivity contribution is 0.0912. The molecule has 0 aromatic carbocycles. The van der Waals surface area contributed by atoms with Gasteiger partial charge in [-0.25, -0.2) is 0 Å². The van der Waals surface area contributed by atoms with E-state index in [9.17, 15) is 0 Å². The molecular weight excluding hydrogens is 260 g/mol. The van der Waals surface area contributed by atoms with Crippen molar-refractivity contribution < 1.29 is 0 Å². The molecule has 2 aliphatic heterocycles. The first kappa shape index (κ1) is 14.9. The Morgan fingerprint density at radius 3 is 2.71 bits per heavy atom. The van der Waals surface area contributed by atoms with Gasteiger partial charge in [-0.1, -0.05) is 6.92 Å². The summed E-state index contributed by atoms with van der Waals surface area (Å²) in [5.74, 6) is 0.825. The van der Waals surface area contributed by atoms with E-state index in [1.807, 2.05) is 12.4 Å². The van der Waals surface area contributed by atoms with Crippen molar-refractivity contribution in [3.8, 4) is 0 Å². The van der Waals surface area contributed by atoms with Crippen LogP contribution in [0.25, 0.3) is 0 Å². The third-order valence-electron chi connectivity index (χ3n) is 4.86. The van der Waals surface area contributed by atoms with Gasteiger partial charge in [0.1, 0.15) is 0 Å². The molecule has 21 heavy (non-hydrogen) atoms. The summed E-state index contributed by atoms with van der Waals surface area (Å²) in [6, 6.07) is 4.92. The largest absolute Gasteiger partial charge is 0.314 e. The molecule has 3 heterocycles. The minimum absolute atomic E-state index is 0.522. The van der Waals surface area contributed by atoms with Crippen LogP contribution in [0, 0.1) is 5.92 Å². The highest BCUT2D eigenvalue weighted by molar-refractivity contribution is 5.16. The van der Waals surface area contributed by atoms with E-state index in [4.69, 9.17) is 0 Å². The van der Waals surface area contributed by atoms with Crippen molar-refractivity contribution in [2.45, 2.75) is 25.8 Å². The second kappa shape index (κ2) is 7.34. The average Bonchev–Trinajstić information content (AvgIpc) is 2.54. The molecule has 0 bridgehead atoms. The highest BCUT2D eigenvalue weighted by Crippen LogP contribution is 2.27. The Kier molecular flexibility index (Phi) is 5.22. The molecule has 0 spiro atoms. The molecule has 2 fully saturated rings. The zero-order chi connectivity index (χ0) is 14.5. The molecule has 2 unspecified atom stereocenters. The van der Waals surface area contributed by atoms with Crippen LogP contribution in [0.15, 0.2) is 24.5 Å². The third-order valence-corrected chi connectivity index (χ3v) is 4.86. The Morgan fingerprint density at radius 1 is 1.24 bits per heavy atom. The molecule has 0 aliphatic carbocycles. The number of hydrogen-bond acceptors (Lipinski definition) is 4. The minimum Gasteiger partial charge on any atom is -0.314 e. The average molecular weight is 288 g/mol. The number of likely N-dealkylation sites (tertiary alicyclic amines) is 1. The maximum absolute atomic E-state index is 4.19. The number of nitrogens with zero attached hydrogens (tertiary/aromatic N) is 3. The van der Waals surface area contributed by atoms with Crippen molar-refractivity contribution in [3.63, 3.8) is 0 Å². The lowest BCUT2D eigenvalue weighted by Crippen LogP contribution is -2.48. The highest BCUT2D eigenvalue weighted by Gasteiger charge is 2.27. The molecule has 2 saturated heterocycles. The molecule has 4 heteroatoms. The van der Waals surface area contributed by atoms with Gasteiger partial charge < -0.3 is 5.32 Å². The number of nitrogens with one attached hydrogen (secondary N) is 1.